The number of likely N-dealkylation sites (tertiary alicyclic amines) is 1. The number of oxazole rings is 1. The zero-order chi connectivity index (χ0) is 18.6. The molecule has 0 saturated carbocycles. The van der Waals surface area contributed by atoms with E-state index in [0.717, 1.165) is 18.4 Å². The quantitative estimate of drug-likeness (QED) is 0.709. The van der Waals surface area contributed by atoms with Gasteiger partial charge in [0.05, 0.1) is 18.3 Å². The Balaban J connectivity index is 1.44. The number of carbonyl (C=O) groups is 1. The molecule has 0 bridgehead atoms. The van der Waals surface area contributed by atoms with Gasteiger partial charge in [0.1, 0.15) is 17.3 Å². The van der Waals surface area contributed by atoms with Crippen molar-refractivity contribution in [2.75, 3.05) is 13.1 Å². The molecular weight excluding hydrogens is 347 g/mol. The molecule has 0 spiro atoms. The van der Waals surface area contributed by atoms with Crippen LogP contribution in [0.2, 0.25) is 0 Å². The van der Waals surface area contributed by atoms with Crippen molar-refractivity contribution < 1.29 is 13.6 Å². The Morgan fingerprint density at radius 1 is 1.26 bits per heavy atom. The summed E-state index contributed by atoms with van der Waals surface area (Å²) in [5.74, 6) is 0.962. The van der Waals surface area contributed by atoms with Gasteiger partial charge < -0.3 is 9.32 Å². The SMILES string of the molecule is O=C(c1cnccn1)N1CCC[C@@H](c2ncc(Cc3cccc(F)c3)o2)C1. The molecule has 0 radical (unpaired) electrons. The molecule has 7 heteroatoms. The summed E-state index contributed by atoms with van der Waals surface area (Å²) in [7, 11) is 0. The molecule has 138 valence electrons. The second-order valence-corrected chi connectivity index (χ2v) is 6.65. The molecule has 4 rings (SSSR count). The first kappa shape index (κ1) is 17.3. The van der Waals surface area contributed by atoms with Crippen molar-refractivity contribution in [1.29, 1.82) is 0 Å². The Morgan fingerprint density at radius 2 is 2.19 bits per heavy atom. The first-order chi connectivity index (χ1) is 13.2. The van der Waals surface area contributed by atoms with Gasteiger partial charge in [-0.05, 0) is 30.5 Å². The molecule has 1 aliphatic rings. The van der Waals surface area contributed by atoms with Crippen LogP contribution >= 0.6 is 0 Å². The Bertz CT molecular complexity index is 928. The lowest BCUT2D eigenvalue weighted by Crippen LogP contribution is -2.39. The first-order valence-electron chi connectivity index (χ1n) is 8.93. The lowest BCUT2D eigenvalue weighted by atomic mass is 9.98. The Kier molecular flexibility index (Phi) is 4.91. The summed E-state index contributed by atoms with van der Waals surface area (Å²) < 4.78 is 19.2. The van der Waals surface area contributed by atoms with Crippen molar-refractivity contribution in [2.24, 2.45) is 0 Å². The van der Waals surface area contributed by atoms with E-state index in [1.807, 2.05) is 6.07 Å². The maximum absolute atomic E-state index is 13.3. The predicted molar refractivity (Wildman–Crippen MR) is 95.6 cm³/mol. The van der Waals surface area contributed by atoms with Gasteiger partial charge in [0.25, 0.3) is 5.91 Å². The highest BCUT2D eigenvalue weighted by Gasteiger charge is 2.29. The Morgan fingerprint density at radius 3 is 3.00 bits per heavy atom. The van der Waals surface area contributed by atoms with Crippen LogP contribution in [0.1, 0.15) is 46.5 Å². The Hall–Kier alpha value is -3.09. The fourth-order valence-corrected chi connectivity index (χ4v) is 3.38. The molecule has 1 aromatic carbocycles. The van der Waals surface area contributed by atoms with E-state index in [2.05, 4.69) is 15.0 Å². The summed E-state index contributed by atoms with van der Waals surface area (Å²) in [5.41, 5.74) is 1.18. The second kappa shape index (κ2) is 7.65. The fourth-order valence-electron chi connectivity index (χ4n) is 3.38. The summed E-state index contributed by atoms with van der Waals surface area (Å²) in [5, 5.41) is 0. The van der Waals surface area contributed by atoms with Gasteiger partial charge in [-0.1, -0.05) is 12.1 Å². The molecule has 3 aromatic rings. The number of aromatic nitrogens is 3. The minimum atomic E-state index is -0.266. The molecule has 27 heavy (non-hydrogen) atoms. The summed E-state index contributed by atoms with van der Waals surface area (Å²) >= 11 is 0. The average Bonchev–Trinajstić information content (AvgIpc) is 3.17. The molecule has 2 aromatic heterocycles. The monoisotopic (exact) mass is 366 g/mol. The highest BCUT2D eigenvalue weighted by atomic mass is 19.1. The van der Waals surface area contributed by atoms with Crippen LogP contribution in [0.5, 0.6) is 0 Å². The van der Waals surface area contributed by atoms with E-state index in [0.29, 0.717) is 36.9 Å². The molecule has 3 heterocycles. The number of benzene rings is 1. The van der Waals surface area contributed by atoms with Gasteiger partial charge >= 0.3 is 0 Å². The number of carbonyl (C=O) groups excluding carboxylic acids is 1. The van der Waals surface area contributed by atoms with Crippen molar-refractivity contribution in [2.45, 2.75) is 25.2 Å². The number of nitrogens with zero attached hydrogens (tertiary/aromatic N) is 4. The minimum absolute atomic E-state index is 0.0423. The summed E-state index contributed by atoms with van der Waals surface area (Å²) in [4.78, 5) is 26.8. The van der Waals surface area contributed by atoms with Crippen LogP contribution in [0.3, 0.4) is 0 Å². The van der Waals surface area contributed by atoms with Crippen molar-refractivity contribution >= 4 is 5.91 Å². The van der Waals surface area contributed by atoms with E-state index in [9.17, 15) is 9.18 Å². The number of hydrogen-bond donors (Lipinski definition) is 0. The zero-order valence-electron chi connectivity index (χ0n) is 14.7. The van der Waals surface area contributed by atoms with E-state index >= 15 is 0 Å². The van der Waals surface area contributed by atoms with Gasteiger partial charge in [0.2, 0.25) is 0 Å². The third kappa shape index (κ3) is 4.02. The first-order valence-corrected chi connectivity index (χ1v) is 8.93. The highest BCUT2D eigenvalue weighted by molar-refractivity contribution is 5.92. The minimum Gasteiger partial charge on any atom is -0.445 e. The molecule has 1 aliphatic heterocycles. The maximum atomic E-state index is 13.3. The molecule has 1 fully saturated rings. The van der Waals surface area contributed by atoms with E-state index < -0.39 is 0 Å². The number of rotatable bonds is 4. The Labute approximate surface area is 156 Å². The third-order valence-corrected chi connectivity index (χ3v) is 4.68. The van der Waals surface area contributed by atoms with Gasteiger partial charge in [0.15, 0.2) is 5.89 Å². The van der Waals surface area contributed by atoms with E-state index in [4.69, 9.17) is 4.42 Å². The standard InChI is InChI=1S/C20H19FN4O2/c21-16-5-1-3-14(9-16)10-17-11-24-19(27-17)15-4-2-8-25(13-15)20(26)18-12-22-6-7-23-18/h1,3,5-7,9,11-12,15H,2,4,8,10,13H2/t15-/m1/s1. The molecule has 0 aliphatic carbocycles. The summed E-state index contributed by atoms with van der Waals surface area (Å²) in [6.07, 6.45) is 8.49. The normalized spacial score (nSPS) is 17.1. The number of piperidine rings is 1. The molecule has 1 saturated heterocycles. The highest BCUT2D eigenvalue weighted by Crippen LogP contribution is 2.28. The van der Waals surface area contributed by atoms with Gasteiger partial charge in [-0.3, -0.25) is 9.78 Å². The van der Waals surface area contributed by atoms with Crippen LogP contribution in [0.4, 0.5) is 4.39 Å². The van der Waals surface area contributed by atoms with Crippen LogP contribution in [-0.4, -0.2) is 38.8 Å². The third-order valence-electron chi connectivity index (χ3n) is 4.68. The van der Waals surface area contributed by atoms with E-state index in [-0.39, 0.29) is 17.6 Å². The average molecular weight is 366 g/mol. The van der Waals surface area contributed by atoms with Crippen molar-refractivity contribution in [1.82, 2.24) is 19.9 Å². The lowest BCUT2D eigenvalue weighted by molar-refractivity contribution is 0.0691. The molecule has 0 N–H and O–H groups in total. The zero-order valence-corrected chi connectivity index (χ0v) is 14.7. The van der Waals surface area contributed by atoms with Crippen LogP contribution in [0, 0.1) is 5.82 Å². The molecule has 1 amide bonds. The van der Waals surface area contributed by atoms with Crippen LogP contribution in [0.25, 0.3) is 0 Å². The van der Waals surface area contributed by atoms with E-state index in [1.54, 1.807) is 23.4 Å². The van der Waals surface area contributed by atoms with Crippen LogP contribution in [0.15, 0.2) is 53.5 Å². The lowest BCUT2D eigenvalue weighted by Gasteiger charge is -2.30. The molecule has 1 atom stereocenters. The largest absolute Gasteiger partial charge is 0.445 e. The van der Waals surface area contributed by atoms with Crippen molar-refractivity contribution in [3.8, 4) is 0 Å². The van der Waals surface area contributed by atoms with Gasteiger partial charge in [0, 0.05) is 31.9 Å². The van der Waals surface area contributed by atoms with Crippen molar-refractivity contribution in [3.63, 3.8) is 0 Å². The molecule has 6 nitrogen and oxygen atoms in total. The predicted octanol–water partition coefficient (Wildman–Crippen LogP) is 3.21. The van der Waals surface area contributed by atoms with Crippen LogP contribution in [-0.2, 0) is 6.42 Å². The van der Waals surface area contributed by atoms with Crippen molar-refractivity contribution in [3.05, 3.63) is 77.8 Å². The van der Waals surface area contributed by atoms with E-state index in [1.165, 1.54) is 24.5 Å². The number of amides is 1. The fraction of sp³-hybridized carbons (Fsp3) is 0.300. The summed E-state index contributed by atoms with van der Waals surface area (Å²) in [6, 6.07) is 6.44. The summed E-state index contributed by atoms with van der Waals surface area (Å²) in [6.45, 7) is 1.22. The maximum Gasteiger partial charge on any atom is 0.274 e. The molecular formula is C20H19FN4O2. The van der Waals surface area contributed by atoms with Crippen LogP contribution < -0.4 is 0 Å². The topological polar surface area (TPSA) is 72.1 Å². The van der Waals surface area contributed by atoms with Gasteiger partial charge in [-0.15, -0.1) is 0 Å². The van der Waals surface area contributed by atoms with Gasteiger partial charge in [-0.2, -0.15) is 0 Å². The number of halogens is 1. The number of hydrogen-bond acceptors (Lipinski definition) is 5. The molecule has 0 unspecified atom stereocenters. The second-order valence-electron chi connectivity index (χ2n) is 6.65. The van der Waals surface area contributed by atoms with Gasteiger partial charge in [-0.25, -0.2) is 14.4 Å². The smallest absolute Gasteiger partial charge is 0.274 e.